The second kappa shape index (κ2) is 7.80. The lowest BCUT2D eigenvalue weighted by atomic mass is 9.73. The molecule has 0 aromatic rings. The molecule has 1 fully saturated rings. The Hall–Kier alpha value is -1.07. The minimum absolute atomic E-state index is 0.0945. The first kappa shape index (κ1) is 16.3. The van der Waals surface area contributed by atoms with Crippen molar-refractivity contribution in [3.63, 3.8) is 0 Å². The number of carbonyl (C=O) groups is 1. The summed E-state index contributed by atoms with van der Waals surface area (Å²) in [7, 11) is 3.47. The summed E-state index contributed by atoms with van der Waals surface area (Å²) in [5, 5.41) is 8.79. The molecule has 0 radical (unpaired) electrons. The number of rotatable bonds is 7. The molecule has 1 N–H and O–H groups in total. The van der Waals surface area contributed by atoms with E-state index in [0.29, 0.717) is 24.2 Å². The van der Waals surface area contributed by atoms with E-state index in [9.17, 15) is 4.79 Å². The summed E-state index contributed by atoms with van der Waals surface area (Å²) in [6, 6.07) is 0. The van der Waals surface area contributed by atoms with Crippen molar-refractivity contribution in [3.8, 4) is 0 Å². The highest BCUT2D eigenvalue weighted by molar-refractivity contribution is 5.91. The van der Waals surface area contributed by atoms with Gasteiger partial charge in [0.1, 0.15) is 0 Å². The van der Waals surface area contributed by atoms with E-state index in [0.717, 1.165) is 19.3 Å². The van der Waals surface area contributed by atoms with Crippen LogP contribution in [0.3, 0.4) is 0 Å². The third-order valence-corrected chi connectivity index (χ3v) is 4.32. The number of likely N-dealkylation sites (N-methyl/N-ethyl adjacent to an activating group) is 1. The molecule has 120 valence electrons. The minimum atomic E-state index is -0.335. The van der Waals surface area contributed by atoms with Gasteiger partial charge in [-0.2, -0.15) is 0 Å². The van der Waals surface area contributed by atoms with Gasteiger partial charge in [0.05, 0.1) is 6.61 Å². The van der Waals surface area contributed by atoms with E-state index in [2.05, 4.69) is 0 Å². The molecule has 1 heterocycles. The van der Waals surface area contributed by atoms with Gasteiger partial charge in [-0.15, -0.1) is 0 Å². The predicted molar refractivity (Wildman–Crippen MR) is 79.4 cm³/mol. The maximum absolute atomic E-state index is 12.1. The average molecular weight is 297 g/mol. The van der Waals surface area contributed by atoms with E-state index in [4.69, 9.17) is 14.6 Å². The molecular weight excluding hydrogens is 270 g/mol. The van der Waals surface area contributed by atoms with Crippen LogP contribution in [-0.4, -0.2) is 49.5 Å². The van der Waals surface area contributed by atoms with Crippen molar-refractivity contribution >= 4 is 5.91 Å². The van der Waals surface area contributed by atoms with Crippen LogP contribution >= 0.6 is 0 Å². The van der Waals surface area contributed by atoms with Gasteiger partial charge in [0.15, 0.2) is 5.76 Å². The Morgan fingerprint density at radius 2 is 2.19 bits per heavy atom. The van der Waals surface area contributed by atoms with Crippen LogP contribution in [0.4, 0.5) is 0 Å². The van der Waals surface area contributed by atoms with E-state index in [1.54, 1.807) is 14.1 Å². The number of hydrogen-bond donors (Lipinski definition) is 1. The molecule has 2 rings (SSSR count). The fraction of sp³-hybridized carbons (Fsp3) is 0.812. The Morgan fingerprint density at radius 3 is 2.76 bits per heavy atom. The molecule has 0 unspecified atom stereocenters. The Kier molecular flexibility index (Phi) is 6.06. The zero-order valence-corrected chi connectivity index (χ0v) is 13.1. The van der Waals surface area contributed by atoms with Gasteiger partial charge in [-0.3, -0.25) is 4.79 Å². The highest BCUT2D eigenvalue weighted by atomic mass is 16.7. The van der Waals surface area contributed by atoms with E-state index in [1.165, 1.54) is 24.2 Å². The number of aliphatic hydroxyl groups is 1. The molecule has 1 amide bonds. The number of unbranched alkanes of at least 4 members (excludes halogenated alkanes) is 1. The molecule has 1 saturated carbocycles. The number of allylic oxidation sites excluding steroid dienone is 1. The maximum atomic E-state index is 12.1. The smallest absolute Gasteiger partial charge is 0.288 e. The van der Waals surface area contributed by atoms with Crippen molar-refractivity contribution in [1.82, 2.24) is 4.90 Å². The monoisotopic (exact) mass is 297 g/mol. The Bertz CT molecular complexity index is 376. The lowest BCUT2D eigenvalue weighted by molar-refractivity contribution is -0.156. The molecular formula is C16H27NO4. The molecule has 5 heteroatoms. The quantitative estimate of drug-likeness (QED) is 0.729. The number of ether oxygens (including phenoxy) is 2. The molecule has 0 spiro atoms. The lowest BCUT2D eigenvalue weighted by Gasteiger charge is -2.37. The van der Waals surface area contributed by atoms with Crippen molar-refractivity contribution < 1.29 is 19.4 Å². The summed E-state index contributed by atoms with van der Waals surface area (Å²) in [5.74, 6) is 1.38. The zero-order chi connectivity index (χ0) is 15.2. The van der Waals surface area contributed by atoms with Crippen LogP contribution in [0.1, 0.15) is 38.5 Å². The largest absolute Gasteiger partial charge is 0.459 e. The molecule has 21 heavy (non-hydrogen) atoms. The first-order valence-electron chi connectivity index (χ1n) is 7.94. The summed E-state index contributed by atoms with van der Waals surface area (Å²) < 4.78 is 11.5. The fourth-order valence-electron chi connectivity index (χ4n) is 2.78. The number of aliphatic hydroxyl groups excluding tert-OH is 1. The van der Waals surface area contributed by atoms with Crippen LogP contribution in [0.2, 0.25) is 0 Å². The SMILES string of the molecule is CN(C)C(=O)C1=C[C@@H](C2CCC2)C[C@@H](OCCCCO)O1. The van der Waals surface area contributed by atoms with Crippen LogP contribution in [-0.2, 0) is 14.3 Å². The van der Waals surface area contributed by atoms with Gasteiger partial charge >= 0.3 is 0 Å². The third-order valence-electron chi connectivity index (χ3n) is 4.32. The van der Waals surface area contributed by atoms with Crippen LogP contribution in [0.15, 0.2) is 11.8 Å². The number of amides is 1. The van der Waals surface area contributed by atoms with Crippen molar-refractivity contribution in [2.75, 3.05) is 27.3 Å². The topological polar surface area (TPSA) is 59.0 Å². The molecule has 5 nitrogen and oxygen atoms in total. The summed E-state index contributed by atoms with van der Waals surface area (Å²) in [6.07, 6.45) is 7.80. The fourth-order valence-corrected chi connectivity index (χ4v) is 2.78. The Morgan fingerprint density at radius 1 is 1.43 bits per heavy atom. The molecule has 0 aromatic heterocycles. The summed E-state index contributed by atoms with van der Waals surface area (Å²) >= 11 is 0. The normalized spacial score (nSPS) is 25.8. The van der Waals surface area contributed by atoms with Gasteiger partial charge < -0.3 is 19.5 Å². The summed E-state index contributed by atoms with van der Waals surface area (Å²) in [4.78, 5) is 13.7. The number of carbonyl (C=O) groups excluding carboxylic acids is 1. The molecule has 0 aromatic carbocycles. The standard InChI is InChI=1S/C16H27NO4/c1-17(2)16(19)14-10-13(12-6-5-7-12)11-15(21-14)20-9-4-3-8-18/h10,12-13,15,18H,3-9,11H2,1-2H3/t13-,15+/m1/s1. The summed E-state index contributed by atoms with van der Waals surface area (Å²) in [5.41, 5.74) is 0. The van der Waals surface area contributed by atoms with Crippen molar-refractivity contribution in [2.24, 2.45) is 11.8 Å². The maximum Gasteiger partial charge on any atom is 0.288 e. The molecule has 0 saturated heterocycles. The Labute approximate surface area is 126 Å². The third kappa shape index (κ3) is 4.45. The number of hydrogen-bond acceptors (Lipinski definition) is 4. The molecule has 0 bridgehead atoms. The molecule has 1 aliphatic heterocycles. The lowest BCUT2D eigenvalue weighted by Crippen LogP contribution is -2.36. The van der Waals surface area contributed by atoms with Gasteiger partial charge in [-0.25, -0.2) is 0 Å². The van der Waals surface area contributed by atoms with Gasteiger partial charge in [-0.1, -0.05) is 6.42 Å². The van der Waals surface area contributed by atoms with E-state index < -0.39 is 0 Å². The second-order valence-electron chi connectivity index (χ2n) is 6.17. The zero-order valence-electron chi connectivity index (χ0n) is 13.1. The second-order valence-corrected chi connectivity index (χ2v) is 6.17. The molecule has 1 aliphatic carbocycles. The van der Waals surface area contributed by atoms with Gasteiger partial charge in [0.2, 0.25) is 6.29 Å². The minimum Gasteiger partial charge on any atom is -0.459 e. The predicted octanol–water partition coefficient (Wildman–Crippen LogP) is 1.91. The van der Waals surface area contributed by atoms with Crippen molar-refractivity contribution in [1.29, 1.82) is 0 Å². The van der Waals surface area contributed by atoms with Crippen molar-refractivity contribution in [3.05, 3.63) is 11.8 Å². The van der Waals surface area contributed by atoms with E-state index in [-0.39, 0.29) is 18.8 Å². The van der Waals surface area contributed by atoms with Gasteiger partial charge in [-0.05, 0) is 43.6 Å². The van der Waals surface area contributed by atoms with Crippen LogP contribution in [0, 0.1) is 11.8 Å². The number of nitrogens with zero attached hydrogens (tertiary/aromatic N) is 1. The Balaban J connectivity index is 1.94. The molecule has 2 aliphatic rings. The van der Waals surface area contributed by atoms with Gasteiger partial charge in [0, 0.05) is 27.1 Å². The van der Waals surface area contributed by atoms with E-state index >= 15 is 0 Å². The van der Waals surface area contributed by atoms with Crippen LogP contribution < -0.4 is 0 Å². The van der Waals surface area contributed by atoms with Gasteiger partial charge in [0.25, 0.3) is 5.91 Å². The van der Waals surface area contributed by atoms with Crippen LogP contribution in [0.25, 0.3) is 0 Å². The first-order chi connectivity index (χ1) is 10.1. The highest BCUT2D eigenvalue weighted by Gasteiger charge is 2.34. The average Bonchev–Trinajstić information content (AvgIpc) is 2.40. The molecule has 2 atom stereocenters. The van der Waals surface area contributed by atoms with Crippen LogP contribution in [0.5, 0.6) is 0 Å². The van der Waals surface area contributed by atoms with E-state index in [1.807, 2.05) is 6.08 Å². The highest BCUT2D eigenvalue weighted by Crippen LogP contribution is 2.40. The first-order valence-corrected chi connectivity index (χ1v) is 7.94. The van der Waals surface area contributed by atoms with Crippen molar-refractivity contribution in [2.45, 2.75) is 44.8 Å². The summed E-state index contributed by atoms with van der Waals surface area (Å²) in [6.45, 7) is 0.746.